The Labute approximate surface area is 108 Å². The molecule has 0 heterocycles. The van der Waals surface area contributed by atoms with E-state index >= 15 is 0 Å². The zero-order chi connectivity index (χ0) is 13.4. The van der Waals surface area contributed by atoms with Gasteiger partial charge < -0.3 is 15.2 Å². The van der Waals surface area contributed by atoms with Gasteiger partial charge in [0, 0.05) is 6.54 Å². The molecule has 0 radical (unpaired) electrons. The second-order valence-corrected chi connectivity index (χ2v) is 4.05. The van der Waals surface area contributed by atoms with Gasteiger partial charge >= 0.3 is 0 Å². The van der Waals surface area contributed by atoms with Gasteiger partial charge in [-0.1, -0.05) is 19.1 Å². The summed E-state index contributed by atoms with van der Waals surface area (Å²) < 4.78 is 5.45. The summed E-state index contributed by atoms with van der Waals surface area (Å²) >= 11 is 0. The van der Waals surface area contributed by atoms with E-state index in [1.807, 2.05) is 38.1 Å². The Morgan fingerprint density at radius 2 is 2.00 bits per heavy atom. The fourth-order valence-corrected chi connectivity index (χ4v) is 1.57. The summed E-state index contributed by atoms with van der Waals surface area (Å²) in [5.74, 6) is 0.710. The lowest BCUT2D eigenvalue weighted by atomic mass is 10.1. The Morgan fingerprint density at radius 1 is 1.33 bits per heavy atom. The van der Waals surface area contributed by atoms with Gasteiger partial charge in [0.05, 0.1) is 19.1 Å². The van der Waals surface area contributed by atoms with Gasteiger partial charge in [-0.05, 0) is 31.0 Å². The summed E-state index contributed by atoms with van der Waals surface area (Å²) in [5.41, 5.74) is 0.883. The number of benzene rings is 1. The monoisotopic (exact) mass is 251 g/mol. The minimum Gasteiger partial charge on any atom is -0.493 e. The lowest BCUT2D eigenvalue weighted by molar-refractivity contribution is -0.121. The minimum atomic E-state index is -0.422. The third-order valence-corrected chi connectivity index (χ3v) is 2.62. The maximum absolute atomic E-state index is 11.2. The molecule has 100 valence electrons. The van der Waals surface area contributed by atoms with Crippen LogP contribution in [0.25, 0.3) is 0 Å². The van der Waals surface area contributed by atoms with Gasteiger partial charge in [-0.25, -0.2) is 0 Å². The molecule has 0 spiro atoms. The molecule has 4 nitrogen and oxygen atoms in total. The maximum Gasteiger partial charge on any atom is 0.223 e. The van der Waals surface area contributed by atoms with Gasteiger partial charge in [-0.2, -0.15) is 0 Å². The first-order chi connectivity index (χ1) is 8.67. The number of rotatable bonds is 7. The van der Waals surface area contributed by atoms with Crippen molar-refractivity contribution in [2.45, 2.75) is 32.8 Å². The van der Waals surface area contributed by atoms with E-state index < -0.39 is 6.10 Å². The van der Waals surface area contributed by atoms with E-state index in [1.165, 1.54) is 0 Å². The molecular weight excluding hydrogens is 230 g/mol. The highest BCUT2D eigenvalue weighted by molar-refractivity contribution is 5.75. The summed E-state index contributed by atoms with van der Waals surface area (Å²) in [4.78, 5) is 11.2. The van der Waals surface area contributed by atoms with Crippen molar-refractivity contribution in [2.75, 3.05) is 13.2 Å². The van der Waals surface area contributed by atoms with Gasteiger partial charge in [0.25, 0.3) is 0 Å². The largest absolute Gasteiger partial charge is 0.493 e. The van der Waals surface area contributed by atoms with Crippen LogP contribution in [0.2, 0.25) is 0 Å². The molecule has 0 bridgehead atoms. The van der Waals surface area contributed by atoms with E-state index in [4.69, 9.17) is 4.74 Å². The summed E-state index contributed by atoms with van der Waals surface area (Å²) in [6, 6.07) is 7.31. The van der Waals surface area contributed by atoms with Gasteiger partial charge in [-0.15, -0.1) is 0 Å². The normalized spacial score (nSPS) is 11.9. The predicted molar refractivity (Wildman–Crippen MR) is 70.5 cm³/mol. The Morgan fingerprint density at radius 3 is 2.56 bits per heavy atom. The second kappa shape index (κ2) is 7.71. The SMILES string of the molecule is CCNC(=O)CCOc1ccc([C@@H](O)CC)cc1. The predicted octanol–water partition coefficient (Wildman–Crippen LogP) is 2.04. The standard InChI is InChI=1S/C14H21NO3/c1-3-13(16)11-5-7-12(8-6-11)18-10-9-14(17)15-4-2/h5-8,13,16H,3-4,9-10H2,1-2H3,(H,15,17)/t13-/m0/s1. The Balaban J connectivity index is 2.37. The first kappa shape index (κ1) is 14.5. The van der Waals surface area contributed by atoms with E-state index in [9.17, 15) is 9.90 Å². The van der Waals surface area contributed by atoms with Crippen molar-refractivity contribution in [3.8, 4) is 5.75 Å². The van der Waals surface area contributed by atoms with Gasteiger partial charge in [0.15, 0.2) is 0 Å². The average molecular weight is 251 g/mol. The first-order valence-electron chi connectivity index (χ1n) is 6.34. The van der Waals surface area contributed by atoms with Crippen LogP contribution in [0.4, 0.5) is 0 Å². The highest BCUT2D eigenvalue weighted by Crippen LogP contribution is 2.19. The van der Waals surface area contributed by atoms with Crippen LogP contribution in [0.1, 0.15) is 38.4 Å². The zero-order valence-corrected chi connectivity index (χ0v) is 11.0. The Hall–Kier alpha value is -1.55. The highest BCUT2D eigenvalue weighted by Gasteiger charge is 2.05. The smallest absolute Gasteiger partial charge is 0.223 e. The van der Waals surface area contributed by atoms with E-state index in [1.54, 1.807) is 0 Å². The first-order valence-corrected chi connectivity index (χ1v) is 6.34. The number of hydrogen-bond acceptors (Lipinski definition) is 3. The van der Waals surface area contributed by atoms with E-state index in [0.29, 0.717) is 31.7 Å². The number of amides is 1. The molecule has 0 aromatic heterocycles. The topological polar surface area (TPSA) is 58.6 Å². The third kappa shape index (κ3) is 4.75. The average Bonchev–Trinajstić information content (AvgIpc) is 2.39. The molecule has 0 aliphatic carbocycles. The van der Waals surface area contributed by atoms with Crippen molar-refractivity contribution in [2.24, 2.45) is 0 Å². The molecule has 0 aliphatic heterocycles. The van der Waals surface area contributed by atoms with Crippen LogP contribution >= 0.6 is 0 Å². The van der Waals surface area contributed by atoms with Crippen molar-refractivity contribution in [1.29, 1.82) is 0 Å². The minimum absolute atomic E-state index is 0.00414. The Bertz CT molecular complexity index is 362. The molecule has 0 saturated carbocycles. The van der Waals surface area contributed by atoms with Crippen LogP contribution < -0.4 is 10.1 Å². The summed E-state index contributed by atoms with van der Waals surface area (Å²) in [5, 5.41) is 12.3. The summed E-state index contributed by atoms with van der Waals surface area (Å²) in [6.45, 7) is 4.82. The summed E-state index contributed by atoms with van der Waals surface area (Å²) in [7, 11) is 0. The molecule has 1 aromatic carbocycles. The van der Waals surface area contributed by atoms with Crippen molar-refractivity contribution < 1.29 is 14.6 Å². The van der Waals surface area contributed by atoms with Crippen molar-refractivity contribution >= 4 is 5.91 Å². The number of ether oxygens (including phenoxy) is 1. The fraction of sp³-hybridized carbons (Fsp3) is 0.500. The molecule has 2 N–H and O–H groups in total. The van der Waals surface area contributed by atoms with Crippen LogP contribution in [0.3, 0.4) is 0 Å². The van der Waals surface area contributed by atoms with Crippen LogP contribution in [-0.2, 0) is 4.79 Å². The number of hydrogen-bond donors (Lipinski definition) is 2. The number of aliphatic hydroxyl groups is 1. The zero-order valence-electron chi connectivity index (χ0n) is 11.0. The van der Waals surface area contributed by atoms with Crippen molar-refractivity contribution in [3.63, 3.8) is 0 Å². The molecule has 0 saturated heterocycles. The molecule has 0 aliphatic rings. The van der Waals surface area contributed by atoms with Gasteiger partial charge in [0.2, 0.25) is 5.91 Å². The molecule has 0 fully saturated rings. The number of carbonyl (C=O) groups excluding carboxylic acids is 1. The van der Waals surface area contributed by atoms with Crippen LogP contribution in [0, 0.1) is 0 Å². The van der Waals surface area contributed by atoms with Crippen LogP contribution in [0.5, 0.6) is 5.75 Å². The summed E-state index contributed by atoms with van der Waals surface area (Å²) in [6.07, 6.45) is 0.624. The van der Waals surface area contributed by atoms with Gasteiger partial charge in [0.1, 0.15) is 5.75 Å². The molecule has 1 atom stereocenters. The molecule has 0 unspecified atom stereocenters. The number of carbonyl (C=O) groups is 1. The maximum atomic E-state index is 11.2. The lowest BCUT2D eigenvalue weighted by Gasteiger charge is -2.10. The van der Waals surface area contributed by atoms with E-state index in [0.717, 1.165) is 5.56 Å². The molecule has 18 heavy (non-hydrogen) atoms. The highest BCUT2D eigenvalue weighted by atomic mass is 16.5. The molecule has 1 rings (SSSR count). The van der Waals surface area contributed by atoms with Crippen molar-refractivity contribution in [1.82, 2.24) is 5.32 Å². The van der Waals surface area contributed by atoms with Gasteiger partial charge in [-0.3, -0.25) is 4.79 Å². The van der Waals surface area contributed by atoms with E-state index in [2.05, 4.69) is 5.32 Å². The number of aliphatic hydroxyl groups excluding tert-OH is 1. The van der Waals surface area contributed by atoms with Crippen LogP contribution in [-0.4, -0.2) is 24.2 Å². The fourth-order valence-electron chi connectivity index (χ4n) is 1.57. The number of nitrogens with one attached hydrogen (secondary N) is 1. The molecule has 1 aromatic rings. The Kier molecular flexibility index (Phi) is 6.22. The third-order valence-electron chi connectivity index (χ3n) is 2.62. The van der Waals surface area contributed by atoms with E-state index in [-0.39, 0.29) is 5.91 Å². The molecule has 1 amide bonds. The second-order valence-electron chi connectivity index (χ2n) is 4.05. The molecular formula is C14H21NO3. The van der Waals surface area contributed by atoms with Crippen molar-refractivity contribution in [3.05, 3.63) is 29.8 Å². The quantitative estimate of drug-likeness (QED) is 0.779. The lowest BCUT2D eigenvalue weighted by Crippen LogP contribution is -2.24. The van der Waals surface area contributed by atoms with Crippen LogP contribution in [0.15, 0.2) is 24.3 Å². The molecule has 4 heteroatoms.